The molecule has 3 aromatic rings. The van der Waals surface area contributed by atoms with Crippen LogP contribution in [0.25, 0.3) is 0 Å². The molecule has 3 rings (SSSR count). The molecular weight excluding hydrogens is 476 g/mol. The van der Waals surface area contributed by atoms with E-state index >= 15 is 0 Å². The highest BCUT2D eigenvalue weighted by Gasteiger charge is 2.28. The van der Waals surface area contributed by atoms with Crippen molar-refractivity contribution >= 4 is 21.6 Å². The zero-order valence-electron chi connectivity index (χ0n) is 21.9. The number of methoxy groups -OCH3 is 2. The van der Waals surface area contributed by atoms with Crippen molar-refractivity contribution in [1.82, 2.24) is 5.32 Å². The van der Waals surface area contributed by atoms with Gasteiger partial charge in [0.15, 0.2) is 11.5 Å². The molecule has 0 fully saturated rings. The molecule has 0 aliphatic heterocycles. The number of nitrogens with one attached hydrogen (secondary N) is 1. The van der Waals surface area contributed by atoms with Gasteiger partial charge in [0, 0.05) is 6.07 Å². The van der Waals surface area contributed by atoms with Crippen LogP contribution in [-0.4, -0.2) is 35.1 Å². The third-order valence-electron chi connectivity index (χ3n) is 6.28. The molecule has 0 aliphatic carbocycles. The molecule has 1 amide bonds. The van der Waals surface area contributed by atoms with Crippen molar-refractivity contribution in [2.75, 3.05) is 25.1 Å². The lowest BCUT2D eigenvalue weighted by molar-refractivity contribution is -0.120. The van der Waals surface area contributed by atoms with Gasteiger partial charge in [-0.15, -0.1) is 0 Å². The number of carbonyl (C=O) groups excluding carboxylic acids is 1. The molecule has 0 aromatic heterocycles. The molecule has 0 spiro atoms. The number of anilines is 1. The van der Waals surface area contributed by atoms with Crippen LogP contribution in [0.15, 0.2) is 59.5 Å². The second-order valence-electron chi connectivity index (χ2n) is 8.95. The van der Waals surface area contributed by atoms with Crippen molar-refractivity contribution in [1.29, 1.82) is 0 Å². The molecule has 0 bridgehead atoms. The Bertz CT molecular complexity index is 1350. The Morgan fingerprint density at radius 2 is 1.47 bits per heavy atom. The number of rotatable bonds is 9. The zero-order chi connectivity index (χ0) is 26.6. The maximum atomic E-state index is 13.7. The molecular formula is C28H34N2O5S. The summed E-state index contributed by atoms with van der Waals surface area (Å²) in [6.45, 7) is 9.45. The highest BCUT2D eigenvalue weighted by molar-refractivity contribution is 7.92. The highest BCUT2D eigenvalue weighted by atomic mass is 32.2. The molecule has 0 saturated carbocycles. The maximum absolute atomic E-state index is 13.7. The van der Waals surface area contributed by atoms with Crippen LogP contribution < -0.4 is 19.1 Å². The maximum Gasteiger partial charge on any atom is 0.264 e. The van der Waals surface area contributed by atoms with Crippen LogP contribution >= 0.6 is 0 Å². The van der Waals surface area contributed by atoms with Crippen molar-refractivity contribution < 1.29 is 22.7 Å². The van der Waals surface area contributed by atoms with Gasteiger partial charge < -0.3 is 14.8 Å². The van der Waals surface area contributed by atoms with E-state index in [1.54, 1.807) is 30.3 Å². The Morgan fingerprint density at radius 3 is 2.08 bits per heavy atom. The van der Waals surface area contributed by atoms with Crippen molar-refractivity contribution in [3.63, 3.8) is 0 Å². The second kappa shape index (κ2) is 11.0. The summed E-state index contributed by atoms with van der Waals surface area (Å²) in [5, 5.41) is 2.97. The predicted octanol–water partition coefficient (Wildman–Crippen LogP) is 5.01. The van der Waals surface area contributed by atoms with Gasteiger partial charge in [0.25, 0.3) is 10.0 Å². The third kappa shape index (κ3) is 5.82. The van der Waals surface area contributed by atoms with Crippen molar-refractivity contribution in [2.24, 2.45) is 0 Å². The molecule has 1 N–H and O–H groups in total. The molecule has 0 radical (unpaired) electrons. The SMILES string of the molecule is COc1ccc(N(CC(=O)NC(C)c2cc(C)c(C)cc2C)S(=O)(=O)c2ccc(C)cc2)cc1OC. The summed E-state index contributed by atoms with van der Waals surface area (Å²) in [5.41, 5.74) is 5.59. The minimum absolute atomic E-state index is 0.0914. The number of ether oxygens (including phenoxy) is 2. The molecule has 0 heterocycles. The van der Waals surface area contributed by atoms with E-state index in [1.807, 2.05) is 34.6 Å². The molecule has 3 aromatic carbocycles. The number of carbonyl (C=O) groups is 1. The summed E-state index contributed by atoms with van der Waals surface area (Å²) in [7, 11) is -1.08. The standard InChI is InChI=1S/C28H34N2O5S/c1-18-8-11-24(12-9-18)36(32,33)30(23-10-13-26(34-6)27(16-23)35-7)17-28(31)29-22(5)25-15-20(3)19(2)14-21(25)4/h8-16,22H,17H2,1-7H3,(H,29,31). The summed E-state index contributed by atoms with van der Waals surface area (Å²) in [6, 6.07) is 15.1. The van der Waals surface area contributed by atoms with E-state index in [4.69, 9.17) is 9.47 Å². The number of sulfonamides is 1. The Morgan fingerprint density at radius 1 is 0.861 bits per heavy atom. The lowest BCUT2D eigenvalue weighted by atomic mass is 9.96. The van der Waals surface area contributed by atoms with Crippen LogP contribution in [0.1, 0.15) is 40.8 Å². The Balaban J connectivity index is 1.97. The van der Waals surface area contributed by atoms with Gasteiger partial charge in [-0.25, -0.2) is 8.42 Å². The summed E-state index contributed by atoms with van der Waals surface area (Å²) in [5.74, 6) is 0.390. The fourth-order valence-corrected chi connectivity index (χ4v) is 5.49. The van der Waals surface area contributed by atoms with E-state index in [9.17, 15) is 13.2 Å². The molecule has 7 nitrogen and oxygen atoms in total. The van der Waals surface area contributed by atoms with Gasteiger partial charge in [-0.3, -0.25) is 9.10 Å². The second-order valence-corrected chi connectivity index (χ2v) is 10.8. The van der Waals surface area contributed by atoms with Gasteiger partial charge >= 0.3 is 0 Å². The summed E-state index contributed by atoms with van der Waals surface area (Å²) in [6.07, 6.45) is 0. The van der Waals surface area contributed by atoms with Gasteiger partial charge in [0.05, 0.1) is 30.8 Å². The van der Waals surface area contributed by atoms with Crippen LogP contribution in [0.4, 0.5) is 5.69 Å². The highest BCUT2D eigenvalue weighted by Crippen LogP contribution is 2.34. The largest absolute Gasteiger partial charge is 0.493 e. The molecule has 1 unspecified atom stereocenters. The first-order valence-electron chi connectivity index (χ1n) is 11.7. The van der Waals surface area contributed by atoms with E-state index in [1.165, 1.54) is 31.9 Å². The van der Waals surface area contributed by atoms with E-state index < -0.39 is 22.5 Å². The minimum Gasteiger partial charge on any atom is -0.493 e. The van der Waals surface area contributed by atoms with Crippen LogP contribution in [0.2, 0.25) is 0 Å². The van der Waals surface area contributed by atoms with E-state index in [0.29, 0.717) is 17.2 Å². The molecule has 1 atom stereocenters. The Labute approximate surface area is 214 Å². The van der Waals surface area contributed by atoms with Gasteiger partial charge in [0.1, 0.15) is 6.54 Å². The van der Waals surface area contributed by atoms with Crippen molar-refractivity contribution in [3.8, 4) is 11.5 Å². The monoisotopic (exact) mass is 510 g/mol. The number of benzene rings is 3. The number of nitrogens with zero attached hydrogens (tertiary/aromatic N) is 1. The van der Waals surface area contributed by atoms with Gasteiger partial charge in [0.2, 0.25) is 5.91 Å². The molecule has 192 valence electrons. The van der Waals surface area contributed by atoms with Crippen LogP contribution in [-0.2, 0) is 14.8 Å². The topological polar surface area (TPSA) is 84.9 Å². The average Bonchev–Trinajstić information content (AvgIpc) is 2.84. The van der Waals surface area contributed by atoms with Crippen LogP contribution in [0.3, 0.4) is 0 Å². The predicted molar refractivity (Wildman–Crippen MR) is 142 cm³/mol. The first-order chi connectivity index (χ1) is 17.0. The smallest absolute Gasteiger partial charge is 0.264 e. The molecule has 0 aliphatic rings. The minimum atomic E-state index is -4.06. The van der Waals surface area contributed by atoms with E-state index in [2.05, 4.69) is 17.4 Å². The van der Waals surface area contributed by atoms with E-state index in [-0.39, 0.29) is 10.9 Å². The number of hydrogen-bond acceptors (Lipinski definition) is 5. The fraction of sp³-hybridized carbons (Fsp3) is 0.321. The van der Waals surface area contributed by atoms with Gasteiger partial charge in [-0.05, 0) is 81.1 Å². The average molecular weight is 511 g/mol. The van der Waals surface area contributed by atoms with Crippen LogP contribution in [0, 0.1) is 27.7 Å². The number of aryl methyl sites for hydroxylation is 4. The summed E-state index contributed by atoms with van der Waals surface area (Å²) >= 11 is 0. The zero-order valence-corrected chi connectivity index (χ0v) is 22.7. The number of amides is 1. The van der Waals surface area contributed by atoms with Crippen molar-refractivity contribution in [3.05, 3.63) is 82.4 Å². The Hall–Kier alpha value is -3.52. The van der Waals surface area contributed by atoms with Gasteiger partial charge in [-0.1, -0.05) is 29.8 Å². The van der Waals surface area contributed by atoms with E-state index in [0.717, 1.165) is 26.6 Å². The lowest BCUT2D eigenvalue weighted by Crippen LogP contribution is -2.41. The summed E-state index contributed by atoms with van der Waals surface area (Å²) < 4.78 is 39.2. The van der Waals surface area contributed by atoms with Gasteiger partial charge in [-0.2, -0.15) is 0 Å². The quantitative estimate of drug-likeness (QED) is 0.437. The molecule has 8 heteroatoms. The molecule has 36 heavy (non-hydrogen) atoms. The first-order valence-corrected chi connectivity index (χ1v) is 13.1. The van der Waals surface area contributed by atoms with Crippen molar-refractivity contribution in [2.45, 2.75) is 45.6 Å². The number of hydrogen-bond donors (Lipinski definition) is 1. The first kappa shape index (κ1) is 27.1. The van der Waals surface area contributed by atoms with Crippen LogP contribution in [0.5, 0.6) is 11.5 Å². The lowest BCUT2D eigenvalue weighted by Gasteiger charge is -2.26. The normalized spacial score (nSPS) is 12.1. The Kier molecular flexibility index (Phi) is 8.30. The third-order valence-corrected chi connectivity index (χ3v) is 8.07. The molecule has 0 saturated heterocycles. The summed E-state index contributed by atoms with van der Waals surface area (Å²) in [4.78, 5) is 13.3. The fourth-order valence-electron chi connectivity index (χ4n) is 4.08.